The van der Waals surface area contributed by atoms with Gasteiger partial charge in [0.05, 0.1) is 23.3 Å². The van der Waals surface area contributed by atoms with Crippen molar-refractivity contribution in [2.75, 3.05) is 14.2 Å². The van der Waals surface area contributed by atoms with Crippen LogP contribution in [0.25, 0.3) is 10.2 Å². The van der Waals surface area contributed by atoms with Crippen LogP contribution >= 0.6 is 11.3 Å². The Morgan fingerprint density at radius 2 is 2.10 bits per heavy atom. The van der Waals surface area contributed by atoms with Crippen molar-refractivity contribution in [3.63, 3.8) is 0 Å². The molecule has 0 aliphatic heterocycles. The highest BCUT2D eigenvalue weighted by molar-refractivity contribution is 7.18. The molecule has 0 saturated carbocycles. The van der Waals surface area contributed by atoms with Crippen LogP contribution in [0.15, 0.2) is 28.8 Å². The third-order valence-corrected chi connectivity index (χ3v) is 3.95. The third kappa shape index (κ3) is 3.44. The second-order valence-electron chi connectivity index (χ2n) is 4.78. The molecule has 0 N–H and O–H groups in total. The molecule has 0 aliphatic rings. The highest BCUT2D eigenvalue weighted by Gasteiger charge is 2.11. The minimum absolute atomic E-state index is 0.342. The Labute approximate surface area is 126 Å². The Morgan fingerprint density at radius 3 is 2.90 bits per heavy atom. The summed E-state index contributed by atoms with van der Waals surface area (Å²) >= 11 is 1.71. The van der Waals surface area contributed by atoms with Crippen LogP contribution in [-0.2, 0) is 24.4 Å². The number of ether oxygens (including phenoxy) is 1. The summed E-state index contributed by atoms with van der Waals surface area (Å²) in [5, 5.41) is 5.02. The van der Waals surface area contributed by atoms with Gasteiger partial charge in [0.25, 0.3) is 5.89 Å². The van der Waals surface area contributed by atoms with Gasteiger partial charge in [0.15, 0.2) is 5.82 Å². The highest BCUT2D eigenvalue weighted by Crippen LogP contribution is 2.22. The zero-order valence-electron chi connectivity index (χ0n) is 11.9. The molecule has 2 heterocycles. The van der Waals surface area contributed by atoms with E-state index >= 15 is 0 Å². The summed E-state index contributed by atoms with van der Waals surface area (Å²) in [5.74, 6) is 1.16. The number of benzene rings is 1. The summed E-state index contributed by atoms with van der Waals surface area (Å²) in [4.78, 5) is 11.0. The molecule has 3 aromatic rings. The standard InChI is InChI=1S/C14H16N4O2S/c1-18(7-12-16-13(9-19-2)20-17-12)8-14-15-10-5-3-4-6-11(10)21-14/h3-6H,7-9H2,1-2H3. The Balaban J connectivity index is 1.63. The van der Waals surface area contributed by atoms with Crippen LogP contribution < -0.4 is 0 Å². The predicted molar refractivity (Wildman–Crippen MR) is 79.8 cm³/mol. The van der Waals surface area contributed by atoms with Crippen LogP contribution in [0.2, 0.25) is 0 Å². The lowest BCUT2D eigenvalue weighted by Crippen LogP contribution is -2.17. The highest BCUT2D eigenvalue weighted by atomic mass is 32.1. The van der Waals surface area contributed by atoms with Crippen LogP contribution in [0.4, 0.5) is 0 Å². The van der Waals surface area contributed by atoms with Gasteiger partial charge in [0.2, 0.25) is 0 Å². The van der Waals surface area contributed by atoms with E-state index in [2.05, 4.69) is 26.1 Å². The summed E-state index contributed by atoms with van der Waals surface area (Å²) in [6.45, 7) is 1.71. The quantitative estimate of drug-likeness (QED) is 0.697. The monoisotopic (exact) mass is 304 g/mol. The van der Waals surface area contributed by atoms with Crippen molar-refractivity contribution < 1.29 is 9.26 Å². The first-order chi connectivity index (χ1) is 10.2. The second-order valence-corrected chi connectivity index (χ2v) is 5.90. The van der Waals surface area contributed by atoms with E-state index in [1.54, 1.807) is 18.4 Å². The summed E-state index contributed by atoms with van der Waals surface area (Å²) in [6.07, 6.45) is 0. The number of fused-ring (bicyclic) bond motifs is 1. The molecule has 0 atom stereocenters. The minimum atomic E-state index is 0.342. The number of para-hydroxylation sites is 1. The molecule has 0 radical (unpaired) electrons. The van der Waals surface area contributed by atoms with Crippen molar-refractivity contribution >= 4 is 21.6 Å². The van der Waals surface area contributed by atoms with Crippen molar-refractivity contribution in [1.29, 1.82) is 0 Å². The van der Waals surface area contributed by atoms with E-state index in [1.807, 2.05) is 25.2 Å². The zero-order chi connectivity index (χ0) is 14.7. The van der Waals surface area contributed by atoms with E-state index in [1.165, 1.54) is 4.70 Å². The smallest absolute Gasteiger partial charge is 0.252 e. The molecule has 0 amide bonds. The predicted octanol–water partition coefficient (Wildman–Crippen LogP) is 2.46. The Bertz CT molecular complexity index is 691. The van der Waals surface area contributed by atoms with Crippen molar-refractivity contribution in [3.05, 3.63) is 41.0 Å². The average Bonchev–Trinajstić information content (AvgIpc) is 3.05. The van der Waals surface area contributed by atoms with E-state index in [0.29, 0.717) is 24.9 Å². The van der Waals surface area contributed by atoms with Crippen molar-refractivity contribution in [3.8, 4) is 0 Å². The number of thiazole rings is 1. The van der Waals surface area contributed by atoms with Gasteiger partial charge in [0.1, 0.15) is 11.6 Å². The lowest BCUT2D eigenvalue weighted by molar-refractivity contribution is 0.151. The Kier molecular flexibility index (Phi) is 4.23. The van der Waals surface area contributed by atoms with Gasteiger partial charge in [0, 0.05) is 7.11 Å². The number of hydrogen-bond acceptors (Lipinski definition) is 7. The van der Waals surface area contributed by atoms with Crippen LogP contribution in [0.5, 0.6) is 0 Å². The molecule has 7 heteroatoms. The summed E-state index contributed by atoms with van der Waals surface area (Å²) in [5.41, 5.74) is 1.05. The third-order valence-electron chi connectivity index (χ3n) is 2.93. The summed E-state index contributed by atoms with van der Waals surface area (Å²) in [6, 6.07) is 8.16. The SMILES string of the molecule is COCc1nc(CN(C)Cc2nc3ccccc3s2)no1. The number of hydrogen-bond donors (Lipinski definition) is 0. The molecule has 0 fully saturated rings. The molecule has 1 aromatic carbocycles. The summed E-state index contributed by atoms with van der Waals surface area (Å²) in [7, 11) is 3.61. The molecule has 6 nitrogen and oxygen atoms in total. The van der Waals surface area contributed by atoms with Gasteiger partial charge < -0.3 is 9.26 Å². The number of rotatable bonds is 6. The maximum Gasteiger partial charge on any atom is 0.252 e. The van der Waals surface area contributed by atoms with E-state index in [9.17, 15) is 0 Å². The van der Waals surface area contributed by atoms with Crippen LogP contribution in [-0.4, -0.2) is 34.2 Å². The fourth-order valence-electron chi connectivity index (χ4n) is 2.05. The van der Waals surface area contributed by atoms with Crippen LogP contribution in [0, 0.1) is 0 Å². The molecule has 0 spiro atoms. The maximum atomic E-state index is 5.08. The van der Waals surface area contributed by atoms with Crippen LogP contribution in [0.1, 0.15) is 16.7 Å². The molecule has 0 unspecified atom stereocenters. The van der Waals surface area contributed by atoms with E-state index in [0.717, 1.165) is 17.1 Å². The van der Waals surface area contributed by atoms with Gasteiger partial charge in [-0.05, 0) is 19.2 Å². The van der Waals surface area contributed by atoms with Gasteiger partial charge in [-0.25, -0.2) is 4.98 Å². The molecule has 3 rings (SSSR count). The Morgan fingerprint density at radius 1 is 1.24 bits per heavy atom. The van der Waals surface area contributed by atoms with E-state index in [-0.39, 0.29) is 0 Å². The first-order valence-electron chi connectivity index (χ1n) is 6.58. The van der Waals surface area contributed by atoms with Gasteiger partial charge in [-0.15, -0.1) is 11.3 Å². The zero-order valence-corrected chi connectivity index (χ0v) is 12.8. The molecule has 0 bridgehead atoms. The topological polar surface area (TPSA) is 64.3 Å². The lowest BCUT2D eigenvalue weighted by Gasteiger charge is -2.11. The first kappa shape index (κ1) is 14.1. The lowest BCUT2D eigenvalue weighted by atomic mass is 10.3. The van der Waals surface area contributed by atoms with Gasteiger partial charge in [-0.3, -0.25) is 4.90 Å². The molecule has 2 aromatic heterocycles. The molecular formula is C14H16N4O2S. The molecular weight excluding hydrogens is 288 g/mol. The van der Waals surface area contributed by atoms with Gasteiger partial charge in [-0.2, -0.15) is 4.98 Å². The number of aromatic nitrogens is 3. The van der Waals surface area contributed by atoms with Crippen LogP contribution in [0.3, 0.4) is 0 Å². The van der Waals surface area contributed by atoms with Crippen molar-refractivity contribution in [2.24, 2.45) is 0 Å². The largest absolute Gasteiger partial charge is 0.375 e. The normalized spacial score (nSPS) is 11.6. The number of methoxy groups -OCH3 is 1. The van der Waals surface area contributed by atoms with Crippen molar-refractivity contribution in [2.45, 2.75) is 19.7 Å². The molecule has 21 heavy (non-hydrogen) atoms. The molecule has 0 aliphatic carbocycles. The number of nitrogens with zero attached hydrogens (tertiary/aromatic N) is 4. The molecule has 0 saturated heterocycles. The minimum Gasteiger partial charge on any atom is -0.375 e. The Hall–Kier alpha value is -1.83. The maximum absolute atomic E-state index is 5.08. The van der Waals surface area contributed by atoms with Gasteiger partial charge >= 0.3 is 0 Å². The van der Waals surface area contributed by atoms with E-state index < -0.39 is 0 Å². The van der Waals surface area contributed by atoms with Crippen molar-refractivity contribution in [1.82, 2.24) is 20.0 Å². The molecule has 110 valence electrons. The van der Waals surface area contributed by atoms with Gasteiger partial charge in [-0.1, -0.05) is 17.3 Å². The fourth-order valence-corrected chi connectivity index (χ4v) is 3.10. The second kappa shape index (κ2) is 6.30. The fraction of sp³-hybridized carbons (Fsp3) is 0.357. The van der Waals surface area contributed by atoms with E-state index in [4.69, 9.17) is 9.26 Å². The summed E-state index contributed by atoms with van der Waals surface area (Å²) < 4.78 is 11.2. The average molecular weight is 304 g/mol. The first-order valence-corrected chi connectivity index (χ1v) is 7.39.